The van der Waals surface area contributed by atoms with Crippen LogP contribution in [0.15, 0.2) is 48.5 Å². The van der Waals surface area contributed by atoms with Crippen molar-refractivity contribution in [2.75, 3.05) is 13.1 Å². The van der Waals surface area contributed by atoms with Crippen LogP contribution < -0.4 is 10.1 Å². The van der Waals surface area contributed by atoms with Crippen molar-refractivity contribution in [2.45, 2.75) is 25.0 Å². The molecule has 6 nitrogen and oxygen atoms in total. The number of ether oxygens (including phenoxy) is 1. The number of phenolic OH excluding ortho intramolecular Hbond substituents is 1. The van der Waals surface area contributed by atoms with E-state index in [0.29, 0.717) is 43.8 Å². The lowest BCUT2D eigenvalue weighted by Crippen LogP contribution is -2.47. The molecule has 0 radical (unpaired) electrons. The number of nitrogens with zero attached hydrogens (tertiary/aromatic N) is 1. The molecule has 2 N–H and O–H groups in total. The first-order valence-electron chi connectivity index (χ1n) is 8.67. The number of ketones is 1. The number of hydrogen-bond acceptors (Lipinski definition) is 4. The van der Waals surface area contributed by atoms with Gasteiger partial charge in [0, 0.05) is 19.5 Å². The Labute approximate surface area is 151 Å². The van der Waals surface area contributed by atoms with Crippen LogP contribution in [0.5, 0.6) is 11.5 Å². The van der Waals surface area contributed by atoms with Crippen LogP contribution in [0.25, 0.3) is 0 Å². The van der Waals surface area contributed by atoms with E-state index in [1.54, 1.807) is 35.2 Å². The Hall–Kier alpha value is -3.02. The molecule has 2 aliphatic rings. The summed E-state index contributed by atoms with van der Waals surface area (Å²) in [6, 6.07) is 13.8. The van der Waals surface area contributed by atoms with Gasteiger partial charge in [-0.15, -0.1) is 0 Å². The third kappa shape index (κ3) is 3.10. The normalized spacial score (nSPS) is 21.4. The highest BCUT2D eigenvalue weighted by Gasteiger charge is 2.46. The fourth-order valence-corrected chi connectivity index (χ4v) is 3.64. The van der Waals surface area contributed by atoms with Gasteiger partial charge in [0.25, 0.3) is 0 Å². The highest BCUT2D eigenvalue weighted by atomic mass is 16.5. The third-order valence-electron chi connectivity index (χ3n) is 4.95. The van der Waals surface area contributed by atoms with Gasteiger partial charge in [0.1, 0.15) is 17.1 Å². The molecule has 1 saturated heterocycles. The fraction of sp³-hybridized carbons (Fsp3) is 0.300. The summed E-state index contributed by atoms with van der Waals surface area (Å²) in [6.07, 6.45) is 0.924. The summed E-state index contributed by atoms with van der Waals surface area (Å²) in [7, 11) is 0. The van der Waals surface area contributed by atoms with E-state index in [1.165, 1.54) is 0 Å². The number of rotatable bonds is 2. The van der Waals surface area contributed by atoms with Crippen molar-refractivity contribution in [3.05, 3.63) is 59.7 Å². The zero-order chi connectivity index (χ0) is 18.1. The maximum absolute atomic E-state index is 12.5. The van der Waals surface area contributed by atoms with Crippen molar-refractivity contribution in [3.8, 4) is 11.5 Å². The summed E-state index contributed by atoms with van der Waals surface area (Å²) >= 11 is 0. The van der Waals surface area contributed by atoms with Crippen LogP contribution in [-0.2, 0) is 6.54 Å². The first-order valence-corrected chi connectivity index (χ1v) is 8.67. The van der Waals surface area contributed by atoms with Gasteiger partial charge in [-0.2, -0.15) is 0 Å². The van der Waals surface area contributed by atoms with E-state index in [1.807, 2.05) is 18.2 Å². The van der Waals surface area contributed by atoms with E-state index >= 15 is 0 Å². The minimum Gasteiger partial charge on any atom is -0.508 e. The smallest absolute Gasteiger partial charge is 0.317 e. The van der Waals surface area contributed by atoms with Crippen LogP contribution in [-0.4, -0.2) is 40.5 Å². The average molecular weight is 352 g/mol. The van der Waals surface area contributed by atoms with Gasteiger partial charge in [0.2, 0.25) is 0 Å². The lowest BCUT2D eigenvalue weighted by Gasteiger charge is -2.34. The SMILES string of the molecule is O=C1CC2(CCN(C(=O)NCc3cccc(O)c3)C2)Oc2ccccc21. The molecular formula is C20H20N2O4. The van der Waals surface area contributed by atoms with Crippen molar-refractivity contribution in [3.63, 3.8) is 0 Å². The molecule has 0 aliphatic carbocycles. The van der Waals surface area contributed by atoms with Crippen LogP contribution in [0.2, 0.25) is 0 Å². The Morgan fingerprint density at radius 2 is 2.08 bits per heavy atom. The summed E-state index contributed by atoms with van der Waals surface area (Å²) in [5.41, 5.74) is 0.809. The lowest BCUT2D eigenvalue weighted by molar-refractivity contribution is 0.0478. The quantitative estimate of drug-likeness (QED) is 0.871. The number of hydrogen-bond donors (Lipinski definition) is 2. The van der Waals surface area contributed by atoms with E-state index in [9.17, 15) is 14.7 Å². The molecule has 0 bridgehead atoms. The predicted molar refractivity (Wildman–Crippen MR) is 95.3 cm³/mol. The van der Waals surface area contributed by atoms with E-state index in [0.717, 1.165) is 5.56 Å². The Bertz CT molecular complexity index is 866. The molecule has 2 heterocycles. The predicted octanol–water partition coefficient (Wildman–Crippen LogP) is 2.71. The molecule has 2 amide bonds. The Morgan fingerprint density at radius 3 is 2.92 bits per heavy atom. The van der Waals surface area contributed by atoms with Crippen molar-refractivity contribution in [1.29, 1.82) is 0 Å². The second kappa shape index (κ2) is 6.37. The molecule has 1 spiro atoms. The van der Waals surface area contributed by atoms with Gasteiger partial charge in [0.15, 0.2) is 5.78 Å². The van der Waals surface area contributed by atoms with Crippen LogP contribution in [0, 0.1) is 0 Å². The van der Waals surface area contributed by atoms with Crippen molar-refractivity contribution < 1.29 is 19.4 Å². The lowest BCUT2D eigenvalue weighted by atomic mass is 9.89. The second-order valence-electron chi connectivity index (χ2n) is 6.88. The van der Waals surface area contributed by atoms with E-state index in [-0.39, 0.29) is 17.6 Å². The Balaban J connectivity index is 1.40. The number of fused-ring (bicyclic) bond motifs is 1. The standard InChI is InChI=1S/C20H20N2O4/c23-15-5-3-4-14(10-15)12-21-19(25)22-9-8-20(13-22)11-17(24)16-6-1-2-7-18(16)26-20/h1-7,10,23H,8-9,11-13H2,(H,21,25). The first kappa shape index (κ1) is 16.4. The second-order valence-corrected chi connectivity index (χ2v) is 6.88. The molecular weight excluding hydrogens is 332 g/mol. The highest BCUT2D eigenvalue weighted by Crippen LogP contribution is 2.38. The largest absolute Gasteiger partial charge is 0.508 e. The van der Waals surface area contributed by atoms with Crippen LogP contribution in [0.3, 0.4) is 0 Å². The average Bonchev–Trinajstić information content (AvgIpc) is 3.03. The Morgan fingerprint density at radius 1 is 1.23 bits per heavy atom. The number of carbonyl (C=O) groups excluding carboxylic acids is 2. The van der Waals surface area contributed by atoms with Crippen LogP contribution in [0.1, 0.15) is 28.8 Å². The number of nitrogens with one attached hydrogen (secondary N) is 1. The number of benzene rings is 2. The number of phenols is 1. The molecule has 6 heteroatoms. The number of carbonyl (C=O) groups is 2. The zero-order valence-corrected chi connectivity index (χ0v) is 14.3. The molecule has 26 heavy (non-hydrogen) atoms. The summed E-state index contributed by atoms with van der Waals surface area (Å²) in [6.45, 7) is 1.26. The summed E-state index contributed by atoms with van der Waals surface area (Å²) in [5, 5.41) is 12.3. The van der Waals surface area contributed by atoms with E-state index in [2.05, 4.69) is 5.32 Å². The number of Topliss-reactive ketones (excluding diaryl/α,β-unsaturated/α-hetero) is 1. The van der Waals surface area contributed by atoms with Gasteiger partial charge >= 0.3 is 6.03 Å². The topological polar surface area (TPSA) is 78.9 Å². The minimum absolute atomic E-state index is 0.0638. The fourth-order valence-electron chi connectivity index (χ4n) is 3.64. The molecule has 1 fully saturated rings. The molecule has 2 aromatic carbocycles. The highest BCUT2D eigenvalue weighted by molar-refractivity contribution is 6.00. The molecule has 4 rings (SSSR count). The van der Waals surface area contributed by atoms with Gasteiger partial charge in [-0.3, -0.25) is 4.79 Å². The van der Waals surface area contributed by atoms with Crippen molar-refractivity contribution in [1.82, 2.24) is 10.2 Å². The molecule has 2 aliphatic heterocycles. The van der Waals surface area contributed by atoms with Crippen molar-refractivity contribution in [2.24, 2.45) is 0 Å². The third-order valence-corrected chi connectivity index (χ3v) is 4.95. The van der Waals surface area contributed by atoms with Crippen molar-refractivity contribution >= 4 is 11.8 Å². The van der Waals surface area contributed by atoms with Crippen LogP contribution in [0.4, 0.5) is 4.79 Å². The zero-order valence-electron chi connectivity index (χ0n) is 14.3. The first-order chi connectivity index (χ1) is 12.5. The van der Waals surface area contributed by atoms with E-state index in [4.69, 9.17) is 4.74 Å². The molecule has 1 unspecified atom stereocenters. The number of amides is 2. The molecule has 1 atom stereocenters. The number of para-hydroxylation sites is 1. The van der Waals surface area contributed by atoms with Gasteiger partial charge in [-0.25, -0.2) is 4.79 Å². The monoisotopic (exact) mass is 352 g/mol. The number of likely N-dealkylation sites (tertiary alicyclic amines) is 1. The van der Waals surface area contributed by atoms with Gasteiger partial charge in [-0.05, 0) is 29.8 Å². The summed E-state index contributed by atoms with van der Waals surface area (Å²) in [5.74, 6) is 0.837. The maximum atomic E-state index is 12.5. The van der Waals surface area contributed by atoms with Gasteiger partial charge in [0.05, 0.1) is 18.5 Å². The number of urea groups is 1. The molecule has 0 saturated carbocycles. The van der Waals surface area contributed by atoms with Gasteiger partial charge < -0.3 is 20.1 Å². The molecule has 2 aromatic rings. The van der Waals surface area contributed by atoms with E-state index < -0.39 is 5.60 Å². The minimum atomic E-state index is -0.631. The summed E-state index contributed by atoms with van der Waals surface area (Å²) < 4.78 is 6.13. The maximum Gasteiger partial charge on any atom is 0.317 e. The summed E-state index contributed by atoms with van der Waals surface area (Å²) in [4.78, 5) is 26.6. The van der Waals surface area contributed by atoms with Gasteiger partial charge in [-0.1, -0.05) is 24.3 Å². The Kier molecular flexibility index (Phi) is 4.03. The molecule has 134 valence electrons. The number of aromatic hydroxyl groups is 1. The molecule has 0 aromatic heterocycles. The van der Waals surface area contributed by atoms with Crippen LogP contribution >= 0.6 is 0 Å².